The van der Waals surface area contributed by atoms with Crippen molar-refractivity contribution in [2.75, 3.05) is 0 Å². The van der Waals surface area contributed by atoms with Gasteiger partial charge in [0.15, 0.2) is 6.10 Å². The molecule has 1 aromatic rings. The Balaban J connectivity index is 3.30. The molecule has 16 heavy (non-hydrogen) atoms. The van der Waals surface area contributed by atoms with Gasteiger partial charge in [0.2, 0.25) is 0 Å². The van der Waals surface area contributed by atoms with Crippen LogP contribution in [0.3, 0.4) is 0 Å². The van der Waals surface area contributed by atoms with E-state index < -0.39 is 35.2 Å². The van der Waals surface area contributed by atoms with Crippen LogP contribution in [0.5, 0.6) is 0 Å². The Morgan fingerprint density at radius 2 is 1.88 bits per heavy atom. The number of carbonyl (C=O) groups is 1. The first-order valence-electron chi connectivity index (χ1n) is 4.01. The molecule has 7 heteroatoms. The summed E-state index contributed by atoms with van der Waals surface area (Å²) in [5.41, 5.74) is -2.52. The van der Waals surface area contributed by atoms with E-state index in [4.69, 9.17) is 10.2 Å². The zero-order chi connectivity index (χ0) is 12.5. The van der Waals surface area contributed by atoms with Crippen molar-refractivity contribution in [1.29, 1.82) is 0 Å². The largest absolute Gasteiger partial charge is 0.479 e. The summed E-state index contributed by atoms with van der Waals surface area (Å²) in [5, 5.41) is 17.3. The van der Waals surface area contributed by atoms with Gasteiger partial charge in [0.25, 0.3) is 0 Å². The lowest BCUT2D eigenvalue weighted by atomic mass is 10.0. The van der Waals surface area contributed by atoms with E-state index in [1.807, 2.05) is 0 Å². The molecule has 0 amide bonds. The molecule has 1 unspecified atom stereocenters. The molecule has 0 heterocycles. The predicted octanol–water partition coefficient (Wildman–Crippen LogP) is 1.96. The van der Waals surface area contributed by atoms with E-state index in [9.17, 15) is 22.4 Å². The second-order valence-corrected chi connectivity index (χ2v) is 2.95. The van der Waals surface area contributed by atoms with Gasteiger partial charge in [-0.2, -0.15) is 13.2 Å². The summed E-state index contributed by atoms with van der Waals surface area (Å²) < 4.78 is 49.9. The molecule has 88 valence electrons. The summed E-state index contributed by atoms with van der Waals surface area (Å²) in [7, 11) is 0. The van der Waals surface area contributed by atoms with Crippen molar-refractivity contribution in [3.8, 4) is 0 Å². The van der Waals surface area contributed by atoms with Crippen molar-refractivity contribution in [3.05, 3.63) is 35.1 Å². The Labute approximate surface area is 86.9 Å². The minimum absolute atomic E-state index is 0.466. The number of carboxylic acid groups (broad SMARTS) is 1. The number of rotatable bonds is 2. The molecular formula is C9H6F4O3. The molecule has 0 radical (unpaired) electrons. The lowest BCUT2D eigenvalue weighted by Gasteiger charge is -2.12. The number of alkyl halides is 3. The first kappa shape index (κ1) is 12.4. The van der Waals surface area contributed by atoms with Crippen LogP contribution in [-0.4, -0.2) is 16.2 Å². The molecule has 0 fully saturated rings. The summed E-state index contributed by atoms with van der Waals surface area (Å²) >= 11 is 0. The highest BCUT2D eigenvalue weighted by Crippen LogP contribution is 2.33. The van der Waals surface area contributed by atoms with Crippen molar-refractivity contribution < 1.29 is 32.6 Å². The topological polar surface area (TPSA) is 57.5 Å². The Morgan fingerprint density at radius 1 is 1.31 bits per heavy atom. The predicted molar refractivity (Wildman–Crippen MR) is 44.0 cm³/mol. The summed E-state index contributed by atoms with van der Waals surface area (Å²) in [6, 6.07) is 2.07. The van der Waals surface area contributed by atoms with Crippen LogP contribution < -0.4 is 0 Å². The fourth-order valence-corrected chi connectivity index (χ4v) is 1.11. The van der Waals surface area contributed by atoms with Gasteiger partial charge in [-0.1, -0.05) is 12.1 Å². The first-order chi connectivity index (χ1) is 7.25. The minimum Gasteiger partial charge on any atom is -0.479 e. The quantitative estimate of drug-likeness (QED) is 0.774. The van der Waals surface area contributed by atoms with Gasteiger partial charge >= 0.3 is 12.1 Å². The van der Waals surface area contributed by atoms with Gasteiger partial charge in [-0.15, -0.1) is 0 Å². The zero-order valence-corrected chi connectivity index (χ0v) is 7.62. The summed E-state index contributed by atoms with van der Waals surface area (Å²) in [4.78, 5) is 10.3. The Kier molecular flexibility index (Phi) is 3.18. The van der Waals surface area contributed by atoms with Crippen molar-refractivity contribution >= 4 is 5.97 Å². The average molecular weight is 238 g/mol. The van der Waals surface area contributed by atoms with E-state index in [1.54, 1.807) is 0 Å². The maximum Gasteiger partial charge on any atom is 0.419 e. The van der Waals surface area contributed by atoms with E-state index >= 15 is 0 Å². The third-order valence-corrected chi connectivity index (χ3v) is 1.86. The molecule has 1 rings (SSSR count). The highest BCUT2D eigenvalue weighted by molar-refractivity contribution is 5.74. The maximum atomic E-state index is 13.2. The normalized spacial score (nSPS) is 13.6. The minimum atomic E-state index is -4.93. The summed E-state index contributed by atoms with van der Waals surface area (Å²) in [6.45, 7) is 0. The third kappa shape index (κ3) is 2.30. The van der Waals surface area contributed by atoms with Crippen molar-refractivity contribution in [2.24, 2.45) is 0 Å². The highest BCUT2D eigenvalue weighted by atomic mass is 19.4. The maximum absolute atomic E-state index is 13.2. The van der Waals surface area contributed by atoms with Crippen LogP contribution in [0.2, 0.25) is 0 Å². The van der Waals surface area contributed by atoms with Gasteiger partial charge in [0, 0.05) is 5.56 Å². The van der Waals surface area contributed by atoms with Gasteiger partial charge in [-0.3, -0.25) is 0 Å². The van der Waals surface area contributed by atoms with Crippen LogP contribution in [0.25, 0.3) is 0 Å². The van der Waals surface area contributed by atoms with Crippen LogP contribution >= 0.6 is 0 Å². The SMILES string of the molecule is O=C(O)C(O)c1cccc(C(F)(F)F)c1F. The molecular weight excluding hydrogens is 232 g/mol. The average Bonchev–Trinajstić information content (AvgIpc) is 2.15. The van der Waals surface area contributed by atoms with E-state index in [0.717, 1.165) is 12.1 Å². The molecule has 0 aliphatic carbocycles. The molecule has 0 bridgehead atoms. The number of carboxylic acids is 1. The summed E-state index contributed by atoms with van der Waals surface area (Å²) in [6.07, 6.45) is -7.25. The Morgan fingerprint density at radius 3 is 2.31 bits per heavy atom. The highest BCUT2D eigenvalue weighted by Gasteiger charge is 2.36. The number of hydrogen-bond donors (Lipinski definition) is 2. The number of hydrogen-bond acceptors (Lipinski definition) is 2. The number of aliphatic carboxylic acids is 1. The molecule has 2 N–H and O–H groups in total. The van der Waals surface area contributed by atoms with Crippen molar-refractivity contribution in [3.63, 3.8) is 0 Å². The molecule has 0 aliphatic rings. The van der Waals surface area contributed by atoms with Crippen LogP contribution in [0, 0.1) is 5.82 Å². The van der Waals surface area contributed by atoms with Crippen molar-refractivity contribution in [1.82, 2.24) is 0 Å². The fourth-order valence-electron chi connectivity index (χ4n) is 1.11. The van der Waals surface area contributed by atoms with Crippen LogP contribution in [0.1, 0.15) is 17.2 Å². The Hall–Kier alpha value is -1.63. The van der Waals surface area contributed by atoms with E-state index in [-0.39, 0.29) is 0 Å². The zero-order valence-electron chi connectivity index (χ0n) is 7.62. The second-order valence-electron chi connectivity index (χ2n) is 2.95. The second kappa shape index (κ2) is 4.09. The van der Waals surface area contributed by atoms with Crippen molar-refractivity contribution in [2.45, 2.75) is 12.3 Å². The van der Waals surface area contributed by atoms with Crippen LogP contribution in [0.15, 0.2) is 18.2 Å². The van der Waals surface area contributed by atoms with Gasteiger partial charge < -0.3 is 10.2 Å². The lowest BCUT2D eigenvalue weighted by molar-refractivity contribution is -0.148. The van der Waals surface area contributed by atoms with E-state index in [0.29, 0.717) is 6.07 Å². The molecule has 1 aromatic carbocycles. The number of aliphatic hydroxyl groups excluding tert-OH is 1. The summed E-state index contributed by atoms with van der Waals surface area (Å²) in [5.74, 6) is -3.59. The molecule has 0 saturated heterocycles. The standard InChI is InChI=1S/C9H6F4O3/c10-6-4(7(14)8(15)16)2-1-3-5(6)9(11,12)13/h1-3,7,14H,(H,15,16). The number of aliphatic hydroxyl groups is 1. The molecule has 1 atom stereocenters. The van der Waals surface area contributed by atoms with E-state index in [1.165, 1.54) is 0 Å². The third-order valence-electron chi connectivity index (χ3n) is 1.86. The van der Waals surface area contributed by atoms with Gasteiger partial charge in [-0.05, 0) is 6.07 Å². The van der Waals surface area contributed by atoms with Crippen LogP contribution in [0.4, 0.5) is 17.6 Å². The molecule has 0 aliphatic heterocycles. The Bertz CT molecular complexity index is 414. The molecule has 3 nitrogen and oxygen atoms in total. The van der Waals surface area contributed by atoms with Gasteiger partial charge in [0.1, 0.15) is 5.82 Å². The van der Waals surface area contributed by atoms with Crippen LogP contribution in [-0.2, 0) is 11.0 Å². The lowest BCUT2D eigenvalue weighted by Crippen LogP contribution is -2.16. The monoisotopic (exact) mass is 238 g/mol. The number of benzene rings is 1. The van der Waals surface area contributed by atoms with Gasteiger partial charge in [-0.25, -0.2) is 9.18 Å². The fraction of sp³-hybridized carbons (Fsp3) is 0.222. The van der Waals surface area contributed by atoms with Gasteiger partial charge in [0.05, 0.1) is 5.56 Å². The number of halogens is 4. The smallest absolute Gasteiger partial charge is 0.419 e. The molecule has 0 saturated carbocycles. The molecule has 0 spiro atoms. The van der Waals surface area contributed by atoms with E-state index in [2.05, 4.69) is 0 Å². The first-order valence-corrected chi connectivity index (χ1v) is 4.01. The molecule has 0 aromatic heterocycles.